The Bertz CT molecular complexity index is 416. The van der Waals surface area contributed by atoms with Gasteiger partial charge in [-0.1, -0.05) is 13.8 Å². The summed E-state index contributed by atoms with van der Waals surface area (Å²) in [6.45, 7) is 8.83. The van der Waals surface area contributed by atoms with E-state index in [1.807, 2.05) is 13.8 Å². The molecule has 2 fully saturated rings. The van der Waals surface area contributed by atoms with E-state index >= 15 is 0 Å². The molecule has 1 spiro atoms. The van der Waals surface area contributed by atoms with Gasteiger partial charge in [-0.3, -0.25) is 9.69 Å². The van der Waals surface area contributed by atoms with Gasteiger partial charge in [0.05, 0.1) is 25.8 Å². The number of piperidine rings is 1. The van der Waals surface area contributed by atoms with Crippen LogP contribution in [0.15, 0.2) is 0 Å². The van der Waals surface area contributed by atoms with E-state index in [9.17, 15) is 10.1 Å². The van der Waals surface area contributed by atoms with E-state index in [1.54, 1.807) is 6.92 Å². The van der Waals surface area contributed by atoms with E-state index in [1.165, 1.54) is 0 Å². The minimum absolute atomic E-state index is 0.0661. The topological polar surface area (TPSA) is 74.6 Å². The molecule has 0 aromatic rings. The van der Waals surface area contributed by atoms with Gasteiger partial charge in [0.1, 0.15) is 5.54 Å². The molecule has 0 aromatic heterocycles. The van der Waals surface area contributed by atoms with Gasteiger partial charge >= 0.3 is 0 Å². The van der Waals surface area contributed by atoms with Crippen LogP contribution in [0.25, 0.3) is 0 Å². The molecule has 0 saturated carbocycles. The lowest BCUT2D eigenvalue weighted by Gasteiger charge is -2.37. The van der Waals surface area contributed by atoms with Gasteiger partial charge in [0, 0.05) is 25.9 Å². The van der Waals surface area contributed by atoms with Gasteiger partial charge in [-0.05, 0) is 12.8 Å². The number of carbonyl (C=O) groups is 1. The van der Waals surface area contributed by atoms with Gasteiger partial charge in [-0.25, -0.2) is 0 Å². The van der Waals surface area contributed by atoms with Gasteiger partial charge in [0.15, 0.2) is 5.79 Å². The second-order valence-corrected chi connectivity index (χ2v) is 6.40. The van der Waals surface area contributed by atoms with E-state index in [0.717, 1.165) is 25.9 Å². The fourth-order valence-electron chi connectivity index (χ4n) is 2.67. The zero-order valence-electron chi connectivity index (χ0n) is 13.1. The SMILES string of the molecule is CC(C)[C@](C)(C#N)NC(=O)CN1CCC2(CC1)OCCO2. The summed E-state index contributed by atoms with van der Waals surface area (Å²) in [7, 11) is 0. The fraction of sp³-hybridized carbons (Fsp3) is 0.867. The summed E-state index contributed by atoms with van der Waals surface area (Å²) in [5.41, 5.74) is -0.814. The molecule has 1 amide bonds. The first-order valence-electron chi connectivity index (χ1n) is 7.62. The Hall–Kier alpha value is -1.16. The van der Waals surface area contributed by atoms with Crippen LogP contribution in [-0.4, -0.2) is 55.0 Å². The van der Waals surface area contributed by atoms with Crippen molar-refractivity contribution in [2.45, 2.75) is 44.9 Å². The molecule has 1 atom stereocenters. The molecule has 6 nitrogen and oxygen atoms in total. The average Bonchev–Trinajstić information content (AvgIpc) is 2.89. The maximum atomic E-state index is 12.1. The number of nitriles is 1. The molecule has 21 heavy (non-hydrogen) atoms. The highest BCUT2D eigenvalue weighted by Gasteiger charge is 2.40. The normalized spacial score (nSPS) is 24.7. The van der Waals surface area contributed by atoms with Crippen LogP contribution in [0.3, 0.4) is 0 Å². The van der Waals surface area contributed by atoms with Crippen molar-refractivity contribution in [3.05, 3.63) is 0 Å². The monoisotopic (exact) mass is 295 g/mol. The quantitative estimate of drug-likeness (QED) is 0.833. The Morgan fingerprint density at radius 3 is 2.43 bits per heavy atom. The van der Waals surface area contributed by atoms with Crippen molar-refractivity contribution >= 4 is 5.91 Å². The molecule has 0 radical (unpaired) electrons. The Labute approximate surface area is 126 Å². The summed E-state index contributed by atoms with van der Waals surface area (Å²) >= 11 is 0. The van der Waals surface area contributed by atoms with Crippen LogP contribution in [0.2, 0.25) is 0 Å². The largest absolute Gasteiger partial charge is 0.347 e. The lowest BCUT2D eigenvalue weighted by molar-refractivity contribution is -0.185. The van der Waals surface area contributed by atoms with E-state index in [0.29, 0.717) is 19.8 Å². The summed E-state index contributed by atoms with van der Waals surface area (Å²) in [6.07, 6.45) is 1.58. The highest BCUT2D eigenvalue weighted by Crippen LogP contribution is 2.31. The third-order valence-electron chi connectivity index (χ3n) is 4.58. The summed E-state index contributed by atoms with van der Waals surface area (Å²) in [5, 5.41) is 12.1. The maximum absolute atomic E-state index is 12.1. The molecule has 6 heteroatoms. The standard InChI is InChI=1S/C15H25N3O3/c1-12(2)14(3,11-16)17-13(19)10-18-6-4-15(5-7-18)20-8-9-21-15/h12H,4-10H2,1-3H3,(H,17,19)/t14-/m0/s1. The number of nitrogens with zero attached hydrogens (tertiary/aromatic N) is 2. The summed E-state index contributed by atoms with van der Waals surface area (Å²) in [6, 6.07) is 2.20. The molecule has 2 saturated heterocycles. The number of amides is 1. The molecule has 2 aliphatic rings. The fourth-order valence-corrected chi connectivity index (χ4v) is 2.67. The predicted molar refractivity (Wildman–Crippen MR) is 77.3 cm³/mol. The lowest BCUT2D eigenvalue weighted by Crippen LogP contribution is -2.53. The van der Waals surface area contributed by atoms with Crippen LogP contribution >= 0.6 is 0 Å². The van der Waals surface area contributed by atoms with E-state index in [-0.39, 0.29) is 11.8 Å². The van der Waals surface area contributed by atoms with Crippen molar-refractivity contribution in [3.8, 4) is 6.07 Å². The smallest absolute Gasteiger partial charge is 0.235 e. The summed E-state index contributed by atoms with van der Waals surface area (Å²) < 4.78 is 11.3. The van der Waals surface area contributed by atoms with Crippen molar-refractivity contribution in [2.75, 3.05) is 32.8 Å². The Morgan fingerprint density at radius 1 is 1.38 bits per heavy atom. The van der Waals surface area contributed by atoms with Crippen molar-refractivity contribution in [2.24, 2.45) is 5.92 Å². The first kappa shape index (κ1) is 16.2. The van der Waals surface area contributed by atoms with Crippen LogP contribution < -0.4 is 5.32 Å². The minimum atomic E-state index is -0.814. The third kappa shape index (κ3) is 3.73. The molecule has 1 N–H and O–H groups in total. The lowest BCUT2D eigenvalue weighted by atomic mass is 9.90. The van der Waals surface area contributed by atoms with E-state index in [2.05, 4.69) is 16.3 Å². The van der Waals surface area contributed by atoms with Crippen LogP contribution in [0.4, 0.5) is 0 Å². The second kappa shape index (κ2) is 6.30. The van der Waals surface area contributed by atoms with Gasteiger partial charge < -0.3 is 14.8 Å². The van der Waals surface area contributed by atoms with Crippen LogP contribution in [0, 0.1) is 17.2 Å². The minimum Gasteiger partial charge on any atom is -0.347 e. The molecule has 2 heterocycles. The zero-order valence-corrected chi connectivity index (χ0v) is 13.1. The number of hydrogen-bond donors (Lipinski definition) is 1. The zero-order chi connectivity index (χ0) is 15.5. The number of carbonyl (C=O) groups excluding carboxylic acids is 1. The number of rotatable bonds is 4. The number of hydrogen-bond acceptors (Lipinski definition) is 5. The first-order valence-corrected chi connectivity index (χ1v) is 7.62. The molecule has 0 unspecified atom stereocenters. The number of ether oxygens (including phenoxy) is 2. The number of nitrogens with one attached hydrogen (secondary N) is 1. The van der Waals surface area contributed by atoms with E-state index in [4.69, 9.17) is 9.47 Å². The maximum Gasteiger partial charge on any atom is 0.235 e. The van der Waals surface area contributed by atoms with Gasteiger partial charge in [0.25, 0.3) is 0 Å². The average molecular weight is 295 g/mol. The molecular formula is C15H25N3O3. The molecule has 0 aliphatic carbocycles. The number of likely N-dealkylation sites (tertiary alicyclic amines) is 1. The van der Waals surface area contributed by atoms with Crippen molar-refractivity contribution < 1.29 is 14.3 Å². The van der Waals surface area contributed by atoms with Crippen LogP contribution in [0.1, 0.15) is 33.6 Å². The molecule has 0 bridgehead atoms. The summed E-state index contributed by atoms with van der Waals surface area (Å²) in [5.74, 6) is -0.445. The molecule has 2 aliphatic heterocycles. The Balaban J connectivity index is 1.81. The molecule has 0 aromatic carbocycles. The van der Waals surface area contributed by atoms with Crippen molar-refractivity contribution in [1.82, 2.24) is 10.2 Å². The molecule has 2 rings (SSSR count). The first-order chi connectivity index (χ1) is 9.89. The second-order valence-electron chi connectivity index (χ2n) is 6.40. The predicted octanol–water partition coefficient (Wildman–Crippen LogP) is 0.880. The third-order valence-corrected chi connectivity index (χ3v) is 4.58. The van der Waals surface area contributed by atoms with Gasteiger partial charge in [0.2, 0.25) is 5.91 Å². The summed E-state index contributed by atoms with van der Waals surface area (Å²) in [4.78, 5) is 14.2. The molecular weight excluding hydrogens is 270 g/mol. The van der Waals surface area contributed by atoms with Crippen LogP contribution in [-0.2, 0) is 14.3 Å². The Kier molecular flexibility index (Phi) is 4.87. The highest BCUT2D eigenvalue weighted by molar-refractivity contribution is 5.79. The van der Waals surface area contributed by atoms with E-state index < -0.39 is 11.3 Å². The highest BCUT2D eigenvalue weighted by atomic mass is 16.7. The van der Waals surface area contributed by atoms with Gasteiger partial charge in [-0.2, -0.15) is 5.26 Å². The van der Waals surface area contributed by atoms with Crippen LogP contribution in [0.5, 0.6) is 0 Å². The Morgan fingerprint density at radius 2 is 1.95 bits per heavy atom. The molecule has 118 valence electrons. The van der Waals surface area contributed by atoms with Crippen molar-refractivity contribution in [3.63, 3.8) is 0 Å². The van der Waals surface area contributed by atoms with Gasteiger partial charge in [-0.15, -0.1) is 0 Å². The van der Waals surface area contributed by atoms with Crippen molar-refractivity contribution in [1.29, 1.82) is 5.26 Å².